The van der Waals surface area contributed by atoms with E-state index in [-0.39, 0.29) is 10.6 Å². The standard InChI is InChI=1S/C17H21NO4S/c1-12-9-13(17(19)16(10-12)22-3)11-18(2)14-5-7-15(8-6-14)23(4,20)21/h5-10,19H,11H2,1-4H3. The monoisotopic (exact) mass is 335 g/mol. The molecule has 0 fully saturated rings. The Kier molecular flexibility index (Phi) is 4.85. The van der Waals surface area contributed by atoms with Crippen molar-refractivity contribution in [2.75, 3.05) is 25.3 Å². The van der Waals surface area contributed by atoms with E-state index in [1.165, 1.54) is 13.4 Å². The van der Waals surface area contributed by atoms with E-state index >= 15 is 0 Å². The number of phenols is 1. The molecular weight excluding hydrogens is 314 g/mol. The van der Waals surface area contributed by atoms with E-state index in [2.05, 4.69) is 0 Å². The second-order valence-corrected chi connectivity index (χ2v) is 7.61. The van der Waals surface area contributed by atoms with Crippen molar-refractivity contribution in [3.8, 4) is 11.5 Å². The van der Waals surface area contributed by atoms with E-state index in [9.17, 15) is 13.5 Å². The van der Waals surface area contributed by atoms with Gasteiger partial charge in [0.25, 0.3) is 0 Å². The van der Waals surface area contributed by atoms with Crippen LogP contribution in [0.25, 0.3) is 0 Å². The Balaban J connectivity index is 2.26. The molecule has 0 aliphatic carbocycles. The van der Waals surface area contributed by atoms with Crippen LogP contribution in [0.3, 0.4) is 0 Å². The van der Waals surface area contributed by atoms with Gasteiger partial charge in [-0.2, -0.15) is 0 Å². The highest BCUT2D eigenvalue weighted by atomic mass is 32.2. The number of aromatic hydroxyl groups is 1. The lowest BCUT2D eigenvalue weighted by Crippen LogP contribution is -2.16. The number of rotatable bonds is 5. The predicted molar refractivity (Wildman–Crippen MR) is 91.1 cm³/mol. The van der Waals surface area contributed by atoms with Crippen LogP contribution in [0.2, 0.25) is 0 Å². The van der Waals surface area contributed by atoms with Crippen LogP contribution >= 0.6 is 0 Å². The molecule has 0 spiro atoms. The molecule has 0 radical (unpaired) electrons. The summed E-state index contributed by atoms with van der Waals surface area (Å²) in [6, 6.07) is 10.3. The van der Waals surface area contributed by atoms with Crippen molar-refractivity contribution in [3.63, 3.8) is 0 Å². The summed E-state index contributed by atoms with van der Waals surface area (Å²) in [5, 5.41) is 10.2. The summed E-state index contributed by atoms with van der Waals surface area (Å²) in [7, 11) is 0.198. The van der Waals surface area contributed by atoms with Crippen molar-refractivity contribution < 1.29 is 18.3 Å². The van der Waals surface area contributed by atoms with E-state index in [1.807, 2.05) is 24.9 Å². The average Bonchev–Trinajstić information content (AvgIpc) is 2.49. The Bertz CT molecular complexity index is 798. The van der Waals surface area contributed by atoms with Gasteiger partial charge in [-0.15, -0.1) is 0 Å². The van der Waals surface area contributed by atoms with Crippen LogP contribution in [0.5, 0.6) is 11.5 Å². The zero-order chi connectivity index (χ0) is 17.2. The first-order valence-electron chi connectivity index (χ1n) is 7.10. The van der Waals surface area contributed by atoms with Gasteiger partial charge in [-0.3, -0.25) is 0 Å². The van der Waals surface area contributed by atoms with Crippen molar-refractivity contribution in [3.05, 3.63) is 47.5 Å². The predicted octanol–water partition coefficient (Wildman–Crippen LogP) is 2.75. The summed E-state index contributed by atoms with van der Waals surface area (Å²) in [6.45, 7) is 2.41. The Morgan fingerprint density at radius 2 is 1.78 bits per heavy atom. The van der Waals surface area contributed by atoms with E-state index in [0.717, 1.165) is 16.8 Å². The molecule has 0 aliphatic heterocycles. The Hall–Kier alpha value is -2.21. The Morgan fingerprint density at radius 3 is 2.30 bits per heavy atom. The molecule has 0 atom stereocenters. The SMILES string of the molecule is COc1cc(C)cc(CN(C)c2ccc(S(C)(=O)=O)cc2)c1O. The molecule has 0 aliphatic rings. The van der Waals surface area contributed by atoms with Gasteiger partial charge in [0.2, 0.25) is 0 Å². The number of benzene rings is 2. The molecule has 0 saturated carbocycles. The summed E-state index contributed by atoms with van der Waals surface area (Å²) in [5.41, 5.74) is 2.60. The number of sulfone groups is 1. The van der Waals surface area contributed by atoms with Crippen molar-refractivity contribution in [2.24, 2.45) is 0 Å². The molecule has 2 aromatic rings. The van der Waals surface area contributed by atoms with Crippen LogP contribution in [-0.2, 0) is 16.4 Å². The van der Waals surface area contributed by atoms with Gasteiger partial charge in [0, 0.05) is 31.1 Å². The maximum atomic E-state index is 11.5. The molecule has 0 aromatic heterocycles. The molecule has 6 heteroatoms. The summed E-state index contributed by atoms with van der Waals surface area (Å²) in [4.78, 5) is 2.22. The molecule has 1 N–H and O–H groups in total. The highest BCUT2D eigenvalue weighted by Gasteiger charge is 2.13. The zero-order valence-electron chi connectivity index (χ0n) is 13.7. The number of nitrogens with zero attached hydrogens (tertiary/aromatic N) is 1. The molecule has 0 bridgehead atoms. The van der Waals surface area contributed by atoms with Crippen molar-refractivity contribution >= 4 is 15.5 Å². The number of phenolic OH excluding ortho intramolecular Hbond substituents is 1. The number of aryl methyl sites for hydroxylation is 1. The van der Waals surface area contributed by atoms with Gasteiger partial charge in [0.1, 0.15) is 0 Å². The van der Waals surface area contributed by atoms with Crippen LogP contribution in [-0.4, -0.2) is 33.9 Å². The molecule has 0 amide bonds. The van der Waals surface area contributed by atoms with Gasteiger partial charge in [-0.25, -0.2) is 8.42 Å². The normalized spacial score (nSPS) is 11.3. The summed E-state index contributed by atoms with van der Waals surface area (Å²) < 4.78 is 28.2. The first-order chi connectivity index (χ1) is 10.7. The fraction of sp³-hybridized carbons (Fsp3) is 0.294. The lowest BCUT2D eigenvalue weighted by atomic mass is 10.1. The molecule has 2 aromatic carbocycles. The third-order valence-corrected chi connectivity index (χ3v) is 4.76. The fourth-order valence-electron chi connectivity index (χ4n) is 2.39. The van der Waals surface area contributed by atoms with Crippen molar-refractivity contribution in [2.45, 2.75) is 18.4 Å². The molecular formula is C17H21NO4S. The number of hydrogen-bond acceptors (Lipinski definition) is 5. The third-order valence-electron chi connectivity index (χ3n) is 3.63. The lowest BCUT2D eigenvalue weighted by Gasteiger charge is -2.21. The molecule has 0 saturated heterocycles. The van der Waals surface area contributed by atoms with Crippen molar-refractivity contribution in [1.29, 1.82) is 0 Å². The maximum Gasteiger partial charge on any atom is 0.175 e. The van der Waals surface area contributed by atoms with Gasteiger partial charge in [-0.1, -0.05) is 6.07 Å². The molecule has 23 heavy (non-hydrogen) atoms. The minimum atomic E-state index is -3.20. The van der Waals surface area contributed by atoms with Crippen LogP contribution in [0.1, 0.15) is 11.1 Å². The van der Waals surface area contributed by atoms with Gasteiger partial charge < -0.3 is 14.7 Å². The van der Waals surface area contributed by atoms with E-state index < -0.39 is 9.84 Å². The van der Waals surface area contributed by atoms with Gasteiger partial charge >= 0.3 is 0 Å². The van der Waals surface area contributed by atoms with Gasteiger partial charge in [0.15, 0.2) is 21.3 Å². The minimum Gasteiger partial charge on any atom is -0.504 e. The molecule has 0 unspecified atom stereocenters. The summed E-state index contributed by atoms with van der Waals surface area (Å²) in [6.07, 6.45) is 1.18. The summed E-state index contributed by atoms with van der Waals surface area (Å²) >= 11 is 0. The molecule has 5 nitrogen and oxygen atoms in total. The fourth-order valence-corrected chi connectivity index (χ4v) is 3.02. The largest absolute Gasteiger partial charge is 0.504 e. The molecule has 0 heterocycles. The van der Waals surface area contributed by atoms with Crippen LogP contribution < -0.4 is 9.64 Å². The van der Waals surface area contributed by atoms with Crippen LogP contribution in [0.4, 0.5) is 5.69 Å². The number of methoxy groups -OCH3 is 1. The zero-order valence-corrected chi connectivity index (χ0v) is 14.5. The quantitative estimate of drug-likeness (QED) is 0.910. The highest BCUT2D eigenvalue weighted by Crippen LogP contribution is 2.32. The first-order valence-corrected chi connectivity index (χ1v) is 8.99. The number of anilines is 1. The second-order valence-electron chi connectivity index (χ2n) is 5.60. The topological polar surface area (TPSA) is 66.8 Å². The third kappa shape index (κ3) is 3.96. The van der Waals surface area contributed by atoms with E-state index in [0.29, 0.717) is 12.3 Å². The molecule has 124 valence electrons. The Labute approximate surface area is 137 Å². The van der Waals surface area contributed by atoms with Crippen molar-refractivity contribution in [1.82, 2.24) is 0 Å². The summed E-state index contributed by atoms with van der Waals surface area (Å²) in [5.74, 6) is 0.568. The number of ether oxygens (including phenoxy) is 1. The highest BCUT2D eigenvalue weighted by molar-refractivity contribution is 7.90. The van der Waals surface area contributed by atoms with Crippen LogP contribution in [0, 0.1) is 6.92 Å². The van der Waals surface area contributed by atoms with Gasteiger partial charge in [0.05, 0.1) is 12.0 Å². The smallest absolute Gasteiger partial charge is 0.175 e. The second kappa shape index (κ2) is 6.50. The molecule has 2 rings (SSSR count). The average molecular weight is 335 g/mol. The lowest BCUT2D eigenvalue weighted by molar-refractivity contribution is 0.370. The maximum absolute atomic E-state index is 11.5. The number of hydrogen-bond donors (Lipinski definition) is 1. The van der Waals surface area contributed by atoms with E-state index in [1.54, 1.807) is 30.3 Å². The Morgan fingerprint density at radius 1 is 1.17 bits per heavy atom. The first kappa shape index (κ1) is 17.1. The van der Waals surface area contributed by atoms with E-state index in [4.69, 9.17) is 4.74 Å². The minimum absolute atomic E-state index is 0.123. The van der Waals surface area contributed by atoms with Gasteiger partial charge in [-0.05, 0) is 42.8 Å². The van der Waals surface area contributed by atoms with Crippen LogP contribution in [0.15, 0.2) is 41.3 Å².